The van der Waals surface area contributed by atoms with Crippen LogP contribution in [0, 0.1) is 11.3 Å². The van der Waals surface area contributed by atoms with E-state index in [0.29, 0.717) is 30.2 Å². The maximum absolute atomic E-state index is 13.5. The molecule has 0 bridgehead atoms. The lowest BCUT2D eigenvalue weighted by Gasteiger charge is -2.33. The number of nitrogens with one attached hydrogen (secondary N) is 2. The molecule has 192 valence electrons. The van der Waals surface area contributed by atoms with Crippen LogP contribution in [0.1, 0.15) is 74.0 Å². The average molecular weight is 503 g/mol. The van der Waals surface area contributed by atoms with E-state index >= 15 is 0 Å². The van der Waals surface area contributed by atoms with Crippen LogP contribution in [0.25, 0.3) is 5.65 Å². The van der Waals surface area contributed by atoms with E-state index in [4.69, 9.17) is 15.0 Å². The van der Waals surface area contributed by atoms with Crippen molar-refractivity contribution >= 4 is 29.3 Å². The van der Waals surface area contributed by atoms with Gasteiger partial charge < -0.3 is 15.0 Å². The molecule has 1 saturated carbocycles. The maximum Gasteiger partial charge on any atom is 0.413 e. The first-order valence-corrected chi connectivity index (χ1v) is 12.5. The molecule has 2 amide bonds. The van der Waals surface area contributed by atoms with Gasteiger partial charge in [0.1, 0.15) is 23.1 Å². The van der Waals surface area contributed by atoms with Crippen molar-refractivity contribution in [3.05, 3.63) is 47.4 Å². The smallest absolute Gasteiger partial charge is 0.413 e. The highest BCUT2D eigenvalue weighted by molar-refractivity contribution is 6.07. The van der Waals surface area contributed by atoms with E-state index in [1.54, 1.807) is 39.2 Å². The van der Waals surface area contributed by atoms with Gasteiger partial charge in [-0.3, -0.25) is 10.1 Å². The fraction of sp³-hybridized carbons (Fsp3) is 0.462. The lowest BCUT2D eigenvalue weighted by atomic mass is 10.0. The van der Waals surface area contributed by atoms with Gasteiger partial charge in [-0.1, -0.05) is 0 Å². The summed E-state index contributed by atoms with van der Waals surface area (Å²) in [6.07, 6.45) is 6.26. The molecule has 1 saturated heterocycles. The molecular formula is C26H30N8O3. The average Bonchev–Trinajstić information content (AvgIpc) is 3.64. The molecule has 0 atom stereocenters. The molecule has 1 aliphatic heterocycles. The number of hydrogen-bond donors (Lipinski definition) is 2. The Balaban J connectivity index is 1.33. The van der Waals surface area contributed by atoms with Crippen LogP contribution in [0.5, 0.6) is 0 Å². The summed E-state index contributed by atoms with van der Waals surface area (Å²) in [4.78, 5) is 37.3. The number of ether oxygens (including phenoxy) is 1. The van der Waals surface area contributed by atoms with E-state index < -0.39 is 11.7 Å². The highest BCUT2D eigenvalue weighted by Gasteiger charge is 2.30. The first kappa shape index (κ1) is 24.5. The van der Waals surface area contributed by atoms with Crippen LogP contribution in [0.3, 0.4) is 0 Å². The van der Waals surface area contributed by atoms with Crippen molar-refractivity contribution in [2.75, 3.05) is 23.3 Å². The molecule has 11 nitrogen and oxygen atoms in total. The van der Waals surface area contributed by atoms with Crippen LogP contribution >= 0.6 is 0 Å². The highest BCUT2D eigenvalue weighted by atomic mass is 16.6. The Morgan fingerprint density at radius 1 is 1.14 bits per heavy atom. The molecule has 11 heteroatoms. The minimum atomic E-state index is -0.694. The van der Waals surface area contributed by atoms with Gasteiger partial charge in [0.2, 0.25) is 0 Å². The number of fused-ring (bicyclic) bond motifs is 1. The summed E-state index contributed by atoms with van der Waals surface area (Å²) in [6, 6.07) is 7.52. The van der Waals surface area contributed by atoms with E-state index in [1.165, 1.54) is 4.52 Å². The Hall–Kier alpha value is -4.20. The molecule has 3 aromatic heterocycles. The van der Waals surface area contributed by atoms with E-state index in [1.807, 2.05) is 12.1 Å². The second-order valence-electron chi connectivity index (χ2n) is 10.5. The van der Waals surface area contributed by atoms with Crippen LogP contribution in [-0.4, -0.2) is 56.3 Å². The van der Waals surface area contributed by atoms with Gasteiger partial charge in [-0.2, -0.15) is 5.26 Å². The van der Waals surface area contributed by atoms with Gasteiger partial charge in [0.15, 0.2) is 11.5 Å². The molecule has 4 heterocycles. The number of amides is 2. The van der Waals surface area contributed by atoms with Gasteiger partial charge in [0.05, 0.1) is 5.56 Å². The molecule has 3 aromatic rings. The summed E-state index contributed by atoms with van der Waals surface area (Å²) in [6.45, 7) is 6.74. The van der Waals surface area contributed by atoms with Crippen LogP contribution in [0.2, 0.25) is 0 Å². The molecule has 2 N–H and O–H groups in total. The van der Waals surface area contributed by atoms with Gasteiger partial charge in [-0.15, -0.1) is 5.10 Å². The van der Waals surface area contributed by atoms with Crippen molar-refractivity contribution in [1.82, 2.24) is 24.9 Å². The predicted molar refractivity (Wildman–Crippen MR) is 136 cm³/mol. The van der Waals surface area contributed by atoms with Gasteiger partial charge in [0.25, 0.3) is 5.91 Å². The monoisotopic (exact) mass is 502 g/mol. The quantitative estimate of drug-likeness (QED) is 0.540. The third-order valence-electron chi connectivity index (χ3n) is 6.38. The number of hydrogen-bond acceptors (Lipinski definition) is 8. The van der Waals surface area contributed by atoms with Crippen molar-refractivity contribution in [2.24, 2.45) is 0 Å². The maximum atomic E-state index is 13.5. The van der Waals surface area contributed by atoms with Crippen molar-refractivity contribution in [2.45, 2.75) is 64.0 Å². The van der Waals surface area contributed by atoms with Crippen LogP contribution in [0.15, 0.2) is 30.6 Å². The molecule has 1 aliphatic carbocycles. The summed E-state index contributed by atoms with van der Waals surface area (Å²) in [5.74, 6) is 0.994. The standard InChI is InChI=1S/C26H30N8O3/c1-26(2,3)37-25(36)31-22-21(23-30-19(17-5-6-17)10-13-34(23)32-22)24(35)29-18-8-11-33(12-9-18)20-7-4-16(14-27)15-28-20/h4,7,10,13,15,17-18H,5-6,8-9,11-12H2,1-3H3,(H,29,35)(H,31,32,36). The van der Waals surface area contributed by atoms with Crippen LogP contribution in [-0.2, 0) is 4.74 Å². The zero-order chi connectivity index (χ0) is 26.2. The van der Waals surface area contributed by atoms with Gasteiger partial charge in [-0.25, -0.2) is 19.3 Å². The summed E-state index contributed by atoms with van der Waals surface area (Å²) < 4.78 is 6.90. The Morgan fingerprint density at radius 3 is 2.51 bits per heavy atom. The SMILES string of the molecule is CC(C)(C)OC(=O)Nc1nn2ccc(C3CC3)nc2c1C(=O)NC1CCN(c2ccc(C#N)cn2)CC1. The van der Waals surface area contributed by atoms with Crippen molar-refractivity contribution in [1.29, 1.82) is 5.26 Å². The van der Waals surface area contributed by atoms with E-state index in [-0.39, 0.29) is 23.3 Å². The number of rotatable bonds is 5. The fourth-order valence-electron chi connectivity index (χ4n) is 4.40. The first-order chi connectivity index (χ1) is 17.7. The Bertz CT molecular complexity index is 1360. The minimum Gasteiger partial charge on any atom is -0.444 e. The topological polar surface area (TPSA) is 138 Å². The number of nitrogens with zero attached hydrogens (tertiary/aromatic N) is 6. The summed E-state index contributed by atoms with van der Waals surface area (Å²) in [5.41, 5.74) is 1.39. The van der Waals surface area contributed by atoms with Gasteiger partial charge in [-0.05, 0) is 64.7 Å². The fourth-order valence-corrected chi connectivity index (χ4v) is 4.40. The van der Waals surface area contributed by atoms with Gasteiger partial charge >= 0.3 is 6.09 Å². The minimum absolute atomic E-state index is 0.0573. The zero-order valence-electron chi connectivity index (χ0n) is 21.2. The van der Waals surface area contributed by atoms with Gasteiger partial charge in [0, 0.05) is 43.1 Å². The van der Waals surface area contributed by atoms with Crippen LogP contribution in [0.4, 0.5) is 16.4 Å². The molecule has 0 radical (unpaired) electrons. The summed E-state index contributed by atoms with van der Waals surface area (Å²) in [5, 5.41) is 19.2. The number of carbonyl (C=O) groups excluding carboxylic acids is 2. The molecular weight excluding hydrogens is 472 g/mol. The van der Waals surface area contributed by atoms with Crippen molar-refractivity contribution < 1.29 is 14.3 Å². The van der Waals surface area contributed by atoms with Crippen molar-refractivity contribution in [3.8, 4) is 6.07 Å². The van der Waals surface area contributed by atoms with E-state index in [0.717, 1.165) is 37.2 Å². The number of piperidine rings is 1. The number of nitriles is 1. The third-order valence-corrected chi connectivity index (χ3v) is 6.38. The summed E-state index contributed by atoms with van der Waals surface area (Å²) in [7, 11) is 0. The predicted octanol–water partition coefficient (Wildman–Crippen LogP) is 3.62. The number of aromatic nitrogens is 4. The number of carbonyl (C=O) groups is 2. The molecule has 0 aromatic carbocycles. The lowest BCUT2D eigenvalue weighted by molar-refractivity contribution is 0.0635. The second-order valence-corrected chi connectivity index (χ2v) is 10.5. The number of anilines is 2. The number of pyridine rings is 1. The first-order valence-electron chi connectivity index (χ1n) is 12.5. The van der Waals surface area contributed by atoms with Crippen LogP contribution < -0.4 is 15.5 Å². The molecule has 5 rings (SSSR count). The van der Waals surface area contributed by atoms with E-state index in [9.17, 15) is 9.59 Å². The molecule has 0 spiro atoms. The Morgan fingerprint density at radius 2 is 1.89 bits per heavy atom. The van der Waals surface area contributed by atoms with E-state index in [2.05, 4.69) is 31.7 Å². The lowest BCUT2D eigenvalue weighted by Crippen LogP contribution is -2.45. The molecule has 37 heavy (non-hydrogen) atoms. The largest absolute Gasteiger partial charge is 0.444 e. The zero-order valence-corrected chi connectivity index (χ0v) is 21.2. The third kappa shape index (κ3) is 5.63. The molecule has 2 fully saturated rings. The molecule has 2 aliphatic rings. The Kier molecular flexibility index (Phi) is 6.41. The second kappa shape index (κ2) is 9.69. The highest BCUT2D eigenvalue weighted by Crippen LogP contribution is 2.39. The Labute approximate surface area is 214 Å². The van der Waals surface area contributed by atoms with Crippen molar-refractivity contribution in [3.63, 3.8) is 0 Å². The molecule has 0 unspecified atom stereocenters. The summed E-state index contributed by atoms with van der Waals surface area (Å²) >= 11 is 0. The normalized spacial score (nSPS) is 16.3.